The molecule has 0 atom stereocenters. The number of nitrogens with zero attached hydrogens (tertiary/aromatic N) is 5. The first kappa shape index (κ1) is 13.5. The Labute approximate surface area is 126 Å². The number of benzene rings is 1. The minimum atomic E-state index is 0.114. The van der Waals surface area contributed by atoms with Gasteiger partial charge in [0.1, 0.15) is 0 Å². The van der Waals surface area contributed by atoms with Crippen molar-refractivity contribution in [1.82, 2.24) is 24.7 Å². The van der Waals surface area contributed by atoms with Crippen LogP contribution in [0.1, 0.15) is 11.1 Å². The molecular weight excluding hydrogens is 288 g/mol. The maximum atomic E-state index is 5.96. The van der Waals surface area contributed by atoms with Gasteiger partial charge in [-0.05, 0) is 48.7 Å². The molecule has 3 rings (SSSR count). The summed E-state index contributed by atoms with van der Waals surface area (Å²) in [6, 6.07) is 7.78. The smallest absolute Gasteiger partial charge is 0.256 e. The van der Waals surface area contributed by atoms with Crippen molar-refractivity contribution >= 4 is 23.2 Å². The Morgan fingerprint density at radius 2 is 1.95 bits per heavy atom. The van der Waals surface area contributed by atoms with E-state index in [2.05, 4.69) is 38.4 Å². The van der Waals surface area contributed by atoms with Gasteiger partial charge >= 0.3 is 0 Å². The SMILES string of the molecule is Cc1cccc(Nc2nc(Cl)nc(-n3cccn3)n2)c1C. The van der Waals surface area contributed by atoms with Crippen LogP contribution >= 0.6 is 11.6 Å². The van der Waals surface area contributed by atoms with Crippen LogP contribution in [0.15, 0.2) is 36.7 Å². The lowest BCUT2D eigenvalue weighted by molar-refractivity contribution is 0.798. The summed E-state index contributed by atoms with van der Waals surface area (Å²) in [4.78, 5) is 12.5. The number of hydrogen-bond donors (Lipinski definition) is 1. The maximum Gasteiger partial charge on any atom is 0.256 e. The maximum absolute atomic E-state index is 5.96. The number of halogens is 1. The van der Waals surface area contributed by atoms with Crippen LogP contribution in [-0.2, 0) is 0 Å². The minimum Gasteiger partial charge on any atom is -0.324 e. The Morgan fingerprint density at radius 3 is 2.71 bits per heavy atom. The van der Waals surface area contributed by atoms with Crippen LogP contribution in [0.4, 0.5) is 11.6 Å². The third kappa shape index (κ3) is 2.85. The molecule has 0 unspecified atom stereocenters. The molecule has 7 heteroatoms. The Kier molecular flexibility index (Phi) is 3.53. The molecule has 3 aromatic rings. The molecule has 0 radical (unpaired) electrons. The van der Waals surface area contributed by atoms with Gasteiger partial charge in [-0.2, -0.15) is 20.1 Å². The van der Waals surface area contributed by atoms with Crippen LogP contribution in [0, 0.1) is 13.8 Å². The van der Waals surface area contributed by atoms with Crippen LogP contribution in [-0.4, -0.2) is 24.7 Å². The summed E-state index contributed by atoms with van der Waals surface area (Å²) in [5.41, 5.74) is 3.26. The van der Waals surface area contributed by atoms with Gasteiger partial charge in [-0.25, -0.2) is 4.68 Å². The molecule has 0 aliphatic carbocycles. The van der Waals surface area contributed by atoms with E-state index >= 15 is 0 Å². The predicted octanol–water partition coefficient (Wildman–Crippen LogP) is 3.07. The zero-order valence-corrected chi connectivity index (χ0v) is 12.3. The fraction of sp³-hybridized carbons (Fsp3) is 0.143. The fourth-order valence-electron chi connectivity index (χ4n) is 1.89. The van der Waals surface area contributed by atoms with Gasteiger partial charge in [0.05, 0.1) is 0 Å². The highest BCUT2D eigenvalue weighted by Crippen LogP contribution is 2.21. The van der Waals surface area contributed by atoms with Gasteiger partial charge < -0.3 is 5.32 Å². The molecule has 0 bridgehead atoms. The van der Waals surface area contributed by atoms with Crippen molar-refractivity contribution in [1.29, 1.82) is 0 Å². The quantitative estimate of drug-likeness (QED) is 0.805. The summed E-state index contributed by atoms with van der Waals surface area (Å²) >= 11 is 5.96. The molecule has 0 fully saturated rings. The van der Waals surface area contributed by atoms with E-state index in [1.54, 1.807) is 18.5 Å². The first-order valence-electron chi connectivity index (χ1n) is 6.38. The van der Waals surface area contributed by atoms with E-state index in [0.29, 0.717) is 11.9 Å². The standard InChI is InChI=1S/C14H13ClN6/c1-9-5-3-6-11(10(9)2)17-13-18-12(15)19-14(20-13)21-8-4-7-16-21/h3-8H,1-2H3,(H,17,18,19,20). The molecule has 2 heterocycles. The van der Waals surface area contributed by atoms with Crippen molar-refractivity contribution < 1.29 is 0 Å². The lowest BCUT2D eigenvalue weighted by Crippen LogP contribution is -2.07. The van der Waals surface area contributed by atoms with Crippen molar-refractivity contribution in [3.8, 4) is 5.95 Å². The monoisotopic (exact) mass is 300 g/mol. The van der Waals surface area contributed by atoms with Crippen molar-refractivity contribution in [2.45, 2.75) is 13.8 Å². The molecule has 1 N–H and O–H groups in total. The molecular formula is C14H13ClN6. The summed E-state index contributed by atoms with van der Waals surface area (Å²) in [6.07, 6.45) is 3.39. The van der Waals surface area contributed by atoms with Gasteiger partial charge in [-0.1, -0.05) is 12.1 Å². The number of anilines is 2. The third-order valence-electron chi connectivity index (χ3n) is 3.16. The van der Waals surface area contributed by atoms with Gasteiger partial charge in [0.15, 0.2) is 0 Å². The van der Waals surface area contributed by atoms with E-state index in [1.165, 1.54) is 10.2 Å². The average Bonchev–Trinajstić information content (AvgIpc) is 2.97. The zero-order valence-electron chi connectivity index (χ0n) is 11.6. The van der Waals surface area contributed by atoms with Crippen LogP contribution in [0.5, 0.6) is 0 Å². The summed E-state index contributed by atoms with van der Waals surface area (Å²) in [6.45, 7) is 4.09. The van der Waals surface area contributed by atoms with Crippen molar-refractivity contribution in [3.05, 3.63) is 53.1 Å². The van der Waals surface area contributed by atoms with Crippen LogP contribution in [0.25, 0.3) is 5.95 Å². The lowest BCUT2D eigenvalue weighted by Gasteiger charge is -2.10. The van der Waals surface area contributed by atoms with E-state index in [1.807, 2.05) is 19.1 Å². The summed E-state index contributed by atoms with van der Waals surface area (Å²) in [5.74, 6) is 0.752. The molecule has 0 saturated heterocycles. The first-order valence-corrected chi connectivity index (χ1v) is 6.76. The van der Waals surface area contributed by atoms with E-state index in [-0.39, 0.29) is 5.28 Å². The van der Waals surface area contributed by atoms with Crippen molar-refractivity contribution in [3.63, 3.8) is 0 Å². The molecule has 106 valence electrons. The second kappa shape index (κ2) is 5.49. The second-order valence-electron chi connectivity index (χ2n) is 4.55. The van der Waals surface area contributed by atoms with E-state index in [0.717, 1.165) is 11.3 Å². The van der Waals surface area contributed by atoms with E-state index < -0.39 is 0 Å². The first-order chi connectivity index (χ1) is 10.1. The Bertz CT molecular complexity index is 769. The van der Waals surface area contributed by atoms with E-state index in [9.17, 15) is 0 Å². The highest BCUT2D eigenvalue weighted by molar-refractivity contribution is 6.28. The molecule has 1 aromatic carbocycles. The van der Waals surface area contributed by atoms with Crippen molar-refractivity contribution in [2.75, 3.05) is 5.32 Å². The highest BCUT2D eigenvalue weighted by Gasteiger charge is 2.09. The highest BCUT2D eigenvalue weighted by atomic mass is 35.5. The minimum absolute atomic E-state index is 0.114. The van der Waals surface area contributed by atoms with Gasteiger partial charge in [0.25, 0.3) is 5.95 Å². The molecule has 6 nitrogen and oxygen atoms in total. The van der Waals surface area contributed by atoms with Gasteiger partial charge in [0.2, 0.25) is 11.2 Å². The molecule has 0 amide bonds. The summed E-state index contributed by atoms with van der Waals surface area (Å²) < 4.78 is 1.53. The fourth-order valence-corrected chi connectivity index (χ4v) is 2.05. The number of rotatable bonds is 3. The third-order valence-corrected chi connectivity index (χ3v) is 3.33. The summed E-state index contributed by atoms with van der Waals surface area (Å²) in [7, 11) is 0. The van der Waals surface area contributed by atoms with Crippen LogP contribution < -0.4 is 5.32 Å². The van der Waals surface area contributed by atoms with Crippen LogP contribution in [0.2, 0.25) is 5.28 Å². The number of hydrogen-bond acceptors (Lipinski definition) is 5. The average molecular weight is 301 g/mol. The van der Waals surface area contributed by atoms with Gasteiger partial charge in [-0.15, -0.1) is 0 Å². The van der Waals surface area contributed by atoms with Crippen LogP contribution in [0.3, 0.4) is 0 Å². The van der Waals surface area contributed by atoms with Gasteiger partial charge in [-0.3, -0.25) is 0 Å². The normalized spacial score (nSPS) is 10.6. The largest absolute Gasteiger partial charge is 0.324 e. The second-order valence-corrected chi connectivity index (χ2v) is 4.89. The van der Waals surface area contributed by atoms with Gasteiger partial charge in [0, 0.05) is 18.1 Å². The molecule has 2 aromatic heterocycles. The molecule has 0 saturated carbocycles. The Morgan fingerprint density at radius 1 is 1.10 bits per heavy atom. The number of aryl methyl sites for hydroxylation is 1. The molecule has 0 aliphatic rings. The number of aromatic nitrogens is 5. The molecule has 21 heavy (non-hydrogen) atoms. The Hall–Kier alpha value is -2.47. The topological polar surface area (TPSA) is 68.5 Å². The Balaban J connectivity index is 1.98. The molecule has 0 aliphatic heterocycles. The summed E-state index contributed by atoms with van der Waals surface area (Å²) in [5, 5.41) is 7.37. The van der Waals surface area contributed by atoms with E-state index in [4.69, 9.17) is 11.6 Å². The number of nitrogens with one attached hydrogen (secondary N) is 1. The predicted molar refractivity (Wildman–Crippen MR) is 81.2 cm³/mol. The lowest BCUT2D eigenvalue weighted by atomic mass is 10.1. The molecule has 0 spiro atoms. The van der Waals surface area contributed by atoms with Crippen molar-refractivity contribution in [2.24, 2.45) is 0 Å². The zero-order chi connectivity index (χ0) is 14.8.